The topological polar surface area (TPSA) is 60.0 Å². The summed E-state index contributed by atoms with van der Waals surface area (Å²) in [5.74, 6) is 1.91. The molecule has 0 saturated heterocycles. The van der Waals surface area contributed by atoms with Crippen LogP contribution in [0.4, 0.5) is 11.5 Å². The summed E-state index contributed by atoms with van der Waals surface area (Å²) in [6.07, 6.45) is 3.68. The van der Waals surface area contributed by atoms with Crippen molar-refractivity contribution in [2.45, 2.75) is 20.0 Å². The van der Waals surface area contributed by atoms with Crippen LogP contribution in [0.15, 0.2) is 18.5 Å². The van der Waals surface area contributed by atoms with E-state index >= 15 is 0 Å². The summed E-state index contributed by atoms with van der Waals surface area (Å²) in [5, 5.41) is 0.494. The standard InChI is InChI=1S/C12H14ClN5/c1-8-6-17-2-3-18(7-12(17)16-8)11-4-10(14)9(13)5-15-11/h4-6H,2-3,7H2,1H3,(H2,14,15). The Morgan fingerprint density at radius 1 is 1.39 bits per heavy atom. The van der Waals surface area contributed by atoms with Gasteiger partial charge in [0.1, 0.15) is 11.6 Å². The number of nitrogens with two attached hydrogens (primary N) is 1. The second kappa shape index (κ2) is 4.17. The molecule has 5 nitrogen and oxygen atoms in total. The maximum absolute atomic E-state index is 5.88. The predicted octanol–water partition coefficient (Wildman–Crippen LogP) is 1.84. The molecule has 2 aromatic heterocycles. The molecule has 0 spiro atoms. The van der Waals surface area contributed by atoms with Gasteiger partial charge >= 0.3 is 0 Å². The first kappa shape index (κ1) is 11.3. The number of rotatable bonds is 1. The van der Waals surface area contributed by atoms with Gasteiger partial charge < -0.3 is 15.2 Å². The zero-order chi connectivity index (χ0) is 12.7. The molecule has 0 saturated carbocycles. The highest BCUT2D eigenvalue weighted by Gasteiger charge is 2.19. The average Bonchev–Trinajstić information content (AvgIpc) is 2.71. The van der Waals surface area contributed by atoms with Crippen molar-refractivity contribution in [1.82, 2.24) is 14.5 Å². The Hall–Kier alpha value is -1.75. The van der Waals surface area contributed by atoms with Gasteiger partial charge in [-0.15, -0.1) is 0 Å². The van der Waals surface area contributed by atoms with Crippen molar-refractivity contribution in [2.75, 3.05) is 17.2 Å². The van der Waals surface area contributed by atoms with Gasteiger partial charge in [-0.05, 0) is 6.92 Å². The minimum atomic E-state index is 0.494. The molecule has 0 bridgehead atoms. The highest BCUT2D eigenvalue weighted by atomic mass is 35.5. The van der Waals surface area contributed by atoms with Gasteiger partial charge in [-0.1, -0.05) is 11.6 Å². The van der Waals surface area contributed by atoms with E-state index in [4.69, 9.17) is 17.3 Å². The molecule has 94 valence electrons. The van der Waals surface area contributed by atoms with E-state index in [0.717, 1.165) is 37.0 Å². The number of pyridine rings is 1. The molecule has 1 aliphatic heterocycles. The van der Waals surface area contributed by atoms with Crippen molar-refractivity contribution in [3.05, 3.63) is 35.0 Å². The number of aryl methyl sites for hydroxylation is 1. The highest BCUT2D eigenvalue weighted by molar-refractivity contribution is 6.32. The second-order valence-electron chi connectivity index (χ2n) is 4.48. The molecule has 0 aromatic carbocycles. The van der Waals surface area contributed by atoms with Crippen LogP contribution in [0.2, 0.25) is 5.02 Å². The Labute approximate surface area is 110 Å². The summed E-state index contributed by atoms with van der Waals surface area (Å²) < 4.78 is 2.19. The third-order valence-electron chi connectivity index (χ3n) is 3.12. The minimum Gasteiger partial charge on any atom is -0.397 e. The summed E-state index contributed by atoms with van der Waals surface area (Å²) in [4.78, 5) is 11.0. The van der Waals surface area contributed by atoms with E-state index in [2.05, 4.69) is 25.6 Å². The van der Waals surface area contributed by atoms with Crippen LogP contribution in [0.25, 0.3) is 0 Å². The summed E-state index contributed by atoms with van der Waals surface area (Å²) in [5.41, 5.74) is 7.42. The van der Waals surface area contributed by atoms with E-state index in [1.807, 2.05) is 13.0 Å². The Morgan fingerprint density at radius 2 is 2.22 bits per heavy atom. The quantitative estimate of drug-likeness (QED) is 0.853. The Balaban J connectivity index is 1.89. The molecule has 0 amide bonds. The van der Waals surface area contributed by atoms with Crippen LogP contribution in [0.5, 0.6) is 0 Å². The van der Waals surface area contributed by atoms with Gasteiger partial charge in [0.2, 0.25) is 0 Å². The average molecular weight is 264 g/mol. The number of hydrogen-bond donors (Lipinski definition) is 1. The van der Waals surface area contributed by atoms with Gasteiger partial charge in [0.05, 0.1) is 22.9 Å². The second-order valence-corrected chi connectivity index (χ2v) is 4.88. The maximum Gasteiger partial charge on any atom is 0.131 e. The first-order valence-electron chi connectivity index (χ1n) is 5.82. The van der Waals surface area contributed by atoms with Gasteiger partial charge in [0, 0.05) is 31.5 Å². The van der Waals surface area contributed by atoms with Crippen LogP contribution >= 0.6 is 11.6 Å². The zero-order valence-electron chi connectivity index (χ0n) is 10.1. The molecule has 18 heavy (non-hydrogen) atoms. The number of imidazole rings is 1. The number of anilines is 2. The molecule has 0 radical (unpaired) electrons. The Bertz CT molecular complexity index is 592. The maximum atomic E-state index is 5.88. The molecule has 1 aliphatic rings. The molecule has 2 N–H and O–H groups in total. The molecule has 0 unspecified atom stereocenters. The van der Waals surface area contributed by atoms with Crippen LogP contribution in [-0.2, 0) is 13.1 Å². The number of fused-ring (bicyclic) bond motifs is 1. The number of aromatic nitrogens is 3. The van der Waals surface area contributed by atoms with Gasteiger partial charge in [0.25, 0.3) is 0 Å². The smallest absolute Gasteiger partial charge is 0.131 e. The van der Waals surface area contributed by atoms with Gasteiger partial charge in [-0.3, -0.25) is 0 Å². The normalized spacial score (nSPS) is 14.7. The molecule has 3 heterocycles. The van der Waals surface area contributed by atoms with E-state index in [-0.39, 0.29) is 0 Å². The zero-order valence-corrected chi connectivity index (χ0v) is 10.9. The SMILES string of the molecule is Cc1cn2c(n1)CN(c1cc(N)c(Cl)cn1)CC2. The van der Waals surface area contributed by atoms with Gasteiger partial charge in [-0.2, -0.15) is 0 Å². The lowest BCUT2D eigenvalue weighted by Crippen LogP contribution is -2.34. The third kappa shape index (κ3) is 1.90. The lowest BCUT2D eigenvalue weighted by Gasteiger charge is -2.28. The van der Waals surface area contributed by atoms with Crippen LogP contribution in [0, 0.1) is 6.92 Å². The van der Waals surface area contributed by atoms with E-state index in [1.54, 1.807) is 6.20 Å². The summed E-state index contributed by atoms with van der Waals surface area (Å²) >= 11 is 5.88. The van der Waals surface area contributed by atoms with Crippen LogP contribution in [-0.4, -0.2) is 21.1 Å². The van der Waals surface area contributed by atoms with Crippen molar-refractivity contribution in [2.24, 2.45) is 0 Å². The number of nitrogen functional groups attached to an aromatic ring is 1. The molecule has 0 aliphatic carbocycles. The monoisotopic (exact) mass is 263 g/mol. The van der Waals surface area contributed by atoms with Crippen molar-refractivity contribution in [1.29, 1.82) is 0 Å². The number of hydrogen-bond acceptors (Lipinski definition) is 4. The highest BCUT2D eigenvalue weighted by Crippen LogP contribution is 2.24. The van der Waals surface area contributed by atoms with Crippen LogP contribution in [0.3, 0.4) is 0 Å². The third-order valence-corrected chi connectivity index (χ3v) is 3.43. The molecule has 0 fully saturated rings. The number of nitrogens with zero attached hydrogens (tertiary/aromatic N) is 4. The molecule has 6 heteroatoms. The van der Waals surface area contributed by atoms with E-state index in [1.165, 1.54) is 0 Å². The van der Waals surface area contributed by atoms with E-state index in [9.17, 15) is 0 Å². The first-order valence-corrected chi connectivity index (χ1v) is 6.20. The van der Waals surface area contributed by atoms with Crippen LogP contribution in [0.1, 0.15) is 11.5 Å². The van der Waals surface area contributed by atoms with Crippen molar-refractivity contribution < 1.29 is 0 Å². The van der Waals surface area contributed by atoms with Crippen LogP contribution < -0.4 is 10.6 Å². The molecular formula is C12H14ClN5. The van der Waals surface area contributed by atoms with Crippen molar-refractivity contribution >= 4 is 23.1 Å². The van der Waals surface area contributed by atoms with E-state index in [0.29, 0.717) is 10.7 Å². The summed E-state index contributed by atoms with van der Waals surface area (Å²) in [6, 6.07) is 1.81. The Kier molecular flexibility index (Phi) is 2.63. The molecule has 0 atom stereocenters. The van der Waals surface area contributed by atoms with Crippen molar-refractivity contribution in [3.8, 4) is 0 Å². The largest absolute Gasteiger partial charge is 0.397 e. The summed E-state index contributed by atoms with van der Waals surface area (Å²) in [6.45, 7) is 4.58. The fourth-order valence-electron chi connectivity index (χ4n) is 2.21. The first-order chi connectivity index (χ1) is 8.63. The fourth-order valence-corrected chi connectivity index (χ4v) is 2.31. The lowest BCUT2D eigenvalue weighted by molar-refractivity contribution is 0.556. The van der Waals surface area contributed by atoms with Crippen molar-refractivity contribution in [3.63, 3.8) is 0 Å². The Morgan fingerprint density at radius 3 is 3.00 bits per heavy atom. The predicted molar refractivity (Wildman–Crippen MR) is 71.7 cm³/mol. The van der Waals surface area contributed by atoms with Gasteiger partial charge in [-0.25, -0.2) is 9.97 Å². The summed E-state index contributed by atoms with van der Waals surface area (Å²) in [7, 11) is 0. The molecule has 2 aromatic rings. The minimum absolute atomic E-state index is 0.494. The molecule has 3 rings (SSSR count). The number of halogens is 1. The van der Waals surface area contributed by atoms with E-state index < -0.39 is 0 Å². The van der Waals surface area contributed by atoms with Gasteiger partial charge in [0.15, 0.2) is 0 Å². The lowest BCUT2D eigenvalue weighted by atomic mass is 10.3. The molecular weight excluding hydrogens is 250 g/mol. The fraction of sp³-hybridized carbons (Fsp3) is 0.333.